The summed E-state index contributed by atoms with van der Waals surface area (Å²) in [5.74, 6) is 0.0134. The third kappa shape index (κ3) is 3.98. The molecular weight excluding hydrogens is 282 g/mol. The molecule has 1 heterocycles. The molecule has 0 aliphatic carbocycles. The van der Waals surface area contributed by atoms with Gasteiger partial charge in [-0.3, -0.25) is 4.79 Å². The third-order valence-electron chi connectivity index (χ3n) is 3.69. The number of amides is 3. The summed E-state index contributed by atoms with van der Waals surface area (Å²) in [6.45, 7) is 5.32. The second-order valence-electron chi connectivity index (χ2n) is 5.24. The van der Waals surface area contributed by atoms with Gasteiger partial charge in [0.25, 0.3) is 5.91 Å². The molecular formula is C16H23N3O3. The fourth-order valence-corrected chi connectivity index (χ4v) is 2.47. The number of piperazine rings is 1. The Morgan fingerprint density at radius 2 is 1.68 bits per heavy atom. The standard InChI is InChI=1S/C16H23N3O3/c1-3-17-16(21)19-10-8-18(9-11-19)15(20)14-6-4-13(5-7-14)12-22-2/h4-7H,3,8-12H2,1-2H3,(H,17,21). The molecule has 1 aromatic rings. The van der Waals surface area contributed by atoms with E-state index in [2.05, 4.69) is 5.32 Å². The molecule has 1 N–H and O–H groups in total. The highest BCUT2D eigenvalue weighted by atomic mass is 16.5. The van der Waals surface area contributed by atoms with E-state index in [0.717, 1.165) is 5.56 Å². The Morgan fingerprint density at radius 3 is 2.23 bits per heavy atom. The van der Waals surface area contributed by atoms with Gasteiger partial charge in [0, 0.05) is 45.4 Å². The van der Waals surface area contributed by atoms with Crippen LogP contribution in [0.4, 0.5) is 4.79 Å². The fraction of sp³-hybridized carbons (Fsp3) is 0.500. The van der Waals surface area contributed by atoms with E-state index in [1.54, 1.807) is 16.9 Å². The molecule has 0 radical (unpaired) electrons. The lowest BCUT2D eigenvalue weighted by molar-refractivity contribution is 0.0665. The topological polar surface area (TPSA) is 61.9 Å². The van der Waals surface area contributed by atoms with Gasteiger partial charge in [-0.1, -0.05) is 12.1 Å². The van der Waals surface area contributed by atoms with Gasteiger partial charge in [0.2, 0.25) is 0 Å². The molecule has 0 saturated carbocycles. The SMILES string of the molecule is CCNC(=O)N1CCN(C(=O)c2ccc(COC)cc2)CC1. The Bertz CT molecular complexity index is 508. The predicted molar refractivity (Wildman–Crippen MR) is 83.7 cm³/mol. The molecule has 0 bridgehead atoms. The molecule has 0 atom stereocenters. The number of urea groups is 1. The van der Waals surface area contributed by atoms with Crippen LogP contribution >= 0.6 is 0 Å². The molecule has 0 spiro atoms. The zero-order valence-corrected chi connectivity index (χ0v) is 13.2. The van der Waals surface area contributed by atoms with Crippen LogP contribution in [-0.4, -0.2) is 61.6 Å². The molecule has 1 aliphatic heterocycles. The van der Waals surface area contributed by atoms with E-state index in [-0.39, 0.29) is 11.9 Å². The van der Waals surface area contributed by atoms with E-state index in [0.29, 0.717) is 44.9 Å². The van der Waals surface area contributed by atoms with Crippen molar-refractivity contribution in [1.29, 1.82) is 0 Å². The van der Waals surface area contributed by atoms with E-state index in [9.17, 15) is 9.59 Å². The summed E-state index contributed by atoms with van der Waals surface area (Å²) in [4.78, 5) is 27.7. The maximum atomic E-state index is 12.4. The first-order valence-corrected chi connectivity index (χ1v) is 7.55. The Labute approximate surface area is 131 Å². The minimum Gasteiger partial charge on any atom is -0.380 e. The first-order chi connectivity index (χ1) is 10.7. The Kier molecular flexibility index (Phi) is 5.77. The largest absolute Gasteiger partial charge is 0.380 e. The first-order valence-electron chi connectivity index (χ1n) is 7.55. The normalized spacial score (nSPS) is 14.8. The van der Waals surface area contributed by atoms with Crippen LogP contribution in [0.1, 0.15) is 22.8 Å². The van der Waals surface area contributed by atoms with Gasteiger partial charge in [0.05, 0.1) is 6.61 Å². The summed E-state index contributed by atoms with van der Waals surface area (Å²) in [7, 11) is 1.65. The number of carbonyl (C=O) groups excluding carboxylic acids is 2. The number of carbonyl (C=O) groups is 2. The van der Waals surface area contributed by atoms with Crippen molar-refractivity contribution in [1.82, 2.24) is 15.1 Å². The number of ether oxygens (including phenoxy) is 1. The van der Waals surface area contributed by atoms with Crippen LogP contribution in [0.5, 0.6) is 0 Å². The molecule has 0 aromatic heterocycles. The molecule has 6 nitrogen and oxygen atoms in total. The van der Waals surface area contributed by atoms with Crippen molar-refractivity contribution in [2.45, 2.75) is 13.5 Å². The second-order valence-corrected chi connectivity index (χ2v) is 5.24. The Hall–Kier alpha value is -2.08. The molecule has 1 saturated heterocycles. The maximum Gasteiger partial charge on any atom is 0.317 e. The number of nitrogens with one attached hydrogen (secondary N) is 1. The number of methoxy groups -OCH3 is 1. The first kappa shape index (κ1) is 16.3. The summed E-state index contributed by atoms with van der Waals surface area (Å²) >= 11 is 0. The number of nitrogens with zero attached hydrogens (tertiary/aromatic N) is 2. The zero-order valence-electron chi connectivity index (χ0n) is 13.2. The van der Waals surface area contributed by atoms with E-state index >= 15 is 0 Å². The Balaban J connectivity index is 1.90. The van der Waals surface area contributed by atoms with Crippen molar-refractivity contribution in [2.24, 2.45) is 0 Å². The highest BCUT2D eigenvalue weighted by molar-refractivity contribution is 5.94. The molecule has 22 heavy (non-hydrogen) atoms. The lowest BCUT2D eigenvalue weighted by Gasteiger charge is -2.34. The van der Waals surface area contributed by atoms with Crippen LogP contribution in [0.2, 0.25) is 0 Å². The van der Waals surface area contributed by atoms with Crippen molar-refractivity contribution in [3.8, 4) is 0 Å². The van der Waals surface area contributed by atoms with Gasteiger partial charge in [0.15, 0.2) is 0 Å². The zero-order chi connectivity index (χ0) is 15.9. The van der Waals surface area contributed by atoms with Crippen molar-refractivity contribution in [2.75, 3.05) is 39.8 Å². The highest BCUT2D eigenvalue weighted by Crippen LogP contribution is 2.11. The molecule has 6 heteroatoms. The molecule has 1 fully saturated rings. The quantitative estimate of drug-likeness (QED) is 0.912. The summed E-state index contributed by atoms with van der Waals surface area (Å²) in [6, 6.07) is 7.40. The summed E-state index contributed by atoms with van der Waals surface area (Å²) in [5.41, 5.74) is 1.71. The van der Waals surface area contributed by atoms with Gasteiger partial charge in [0.1, 0.15) is 0 Å². The number of rotatable bonds is 4. The molecule has 3 amide bonds. The average molecular weight is 305 g/mol. The van der Waals surface area contributed by atoms with Crippen molar-refractivity contribution >= 4 is 11.9 Å². The number of benzene rings is 1. The van der Waals surface area contributed by atoms with Crippen molar-refractivity contribution in [3.05, 3.63) is 35.4 Å². The molecule has 1 aromatic carbocycles. The van der Waals surface area contributed by atoms with Crippen molar-refractivity contribution in [3.63, 3.8) is 0 Å². The smallest absolute Gasteiger partial charge is 0.317 e. The molecule has 0 unspecified atom stereocenters. The van der Waals surface area contributed by atoms with Gasteiger partial charge in [-0.2, -0.15) is 0 Å². The monoisotopic (exact) mass is 305 g/mol. The van der Waals surface area contributed by atoms with Gasteiger partial charge >= 0.3 is 6.03 Å². The summed E-state index contributed by atoms with van der Waals surface area (Å²) in [5, 5.41) is 2.78. The maximum absolute atomic E-state index is 12.4. The van der Waals surface area contributed by atoms with Crippen LogP contribution in [0.3, 0.4) is 0 Å². The molecule has 120 valence electrons. The van der Waals surface area contributed by atoms with Gasteiger partial charge in [-0.25, -0.2) is 4.79 Å². The predicted octanol–water partition coefficient (Wildman–Crippen LogP) is 1.32. The average Bonchev–Trinajstić information content (AvgIpc) is 2.55. The third-order valence-corrected chi connectivity index (χ3v) is 3.69. The molecule has 1 aliphatic rings. The molecule has 2 rings (SSSR count). The van der Waals surface area contributed by atoms with E-state index < -0.39 is 0 Å². The highest BCUT2D eigenvalue weighted by Gasteiger charge is 2.24. The second kappa shape index (κ2) is 7.79. The van der Waals surface area contributed by atoms with E-state index in [1.165, 1.54) is 0 Å². The minimum absolute atomic E-state index is 0.0134. The number of hydrogen-bond donors (Lipinski definition) is 1. The lowest BCUT2D eigenvalue weighted by Crippen LogP contribution is -2.53. The van der Waals surface area contributed by atoms with Crippen LogP contribution in [0, 0.1) is 0 Å². The van der Waals surface area contributed by atoms with E-state index in [1.807, 2.05) is 31.2 Å². The van der Waals surface area contributed by atoms with Crippen LogP contribution < -0.4 is 5.32 Å². The van der Waals surface area contributed by atoms with Crippen LogP contribution in [-0.2, 0) is 11.3 Å². The van der Waals surface area contributed by atoms with Gasteiger partial charge in [-0.15, -0.1) is 0 Å². The van der Waals surface area contributed by atoms with Gasteiger partial charge < -0.3 is 19.9 Å². The van der Waals surface area contributed by atoms with Gasteiger partial charge in [-0.05, 0) is 24.6 Å². The fourth-order valence-electron chi connectivity index (χ4n) is 2.47. The Morgan fingerprint density at radius 1 is 1.09 bits per heavy atom. The van der Waals surface area contributed by atoms with Crippen molar-refractivity contribution < 1.29 is 14.3 Å². The van der Waals surface area contributed by atoms with Crippen LogP contribution in [0.25, 0.3) is 0 Å². The lowest BCUT2D eigenvalue weighted by atomic mass is 10.1. The van der Waals surface area contributed by atoms with Crippen LogP contribution in [0.15, 0.2) is 24.3 Å². The summed E-state index contributed by atoms with van der Waals surface area (Å²) in [6.07, 6.45) is 0. The number of hydrogen-bond acceptors (Lipinski definition) is 3. The van der Waals surface area contributed by atoms with E-state index in [4.69, 9.17) is 4.74 Å². The summed E-state index contributed by atoms with van der Waals surface area (Å²) < 4.78 is 5.06. The minimum atomic E-state index is -0.0569.